The van der Waals surface area contributed by atoms with Crippen molar-refractivity contribution >= 4 is 7.85 Å². The SMILES string of the molecule is [B][C@H]1CC[C@H]1C#N. The molecule has 0 unspecified atom stereocenters. The first-order chi connectivity index (χ1) is 3.34. The summed E-state index contributed by atoms with van der Waals surface area (Å²) < 4.78 is 0. The van der Waals surface area contributed by atoms with E-state index in [4.69, 9.17) is 13.1 Å². The van der Waals surface area contributed by atoms with Gasteiger partial charge in [-0.15, -0.1) is 0 Å². The third kappa shape index (κ3) is 0.630. The van der Waals surface area contributed by atoms with E-state index in [1.165, 1.54) is 0 Å². The van der Waals surface area contributed by atoms with Gasteiger partial charge in [0.2, 0.25) is 0 Å². The van der Waals surface area contributed by atoms with E-state index in [0.717, 1.165) is 12.8 Å². The Kier molecular flexibility index (Phi) is 1.06. The third-order valence-electron chi connectivity index (χ3n) is 1.49. The maximum Gasteiger partial charge on any atom is 0.0717 e. The van der Waals surface area contributed by atoms with Gasteiger partial charge in [0.25, 0.3) is 0 Å². The van der Waals surface area contributed by atoms with Crippen molar-refractivity contribution in [1.82, 2.24) is 0 Å². The Bertz CT molecular complexity index is 105. The van der Waals surface area contributed by atoms with Gasteiger partial charge in [0, 0.05) is 5.92 Å². The Morgan fingerprint density at radius 2 is 2.29 bits per heavy atom. The van der Waals surface area contributed by atoms with E-state index in [-0.39, 0.29) is 11.7 Å². The van der Waals surface area contributed by atoms with Gasteiger partial charge in [-0.3, -0.25) is 0 Å². The number of nitriles is 1. The zero-order chi connectivity index (χ0) is 5.28. The van der Waals surface area contributed by atoms with Crippen molar-refractivity contribution in [3.05, 3.63) is 0 Å². The molecule has 1 saturated carbocycles. The summed E-state index contributed by atoms with van der Waals surface area (Å²) in [4.78, 5) is 0. The van der Waals surface area contributed by atoms with Crippen LogP contribution in [0, 0.1) is 17.2 Å². The highest BCUT2D eigenvalue weighted by molar-refractivity contribution is 6.12. The van der Waals surface area contributed by atoms with Gasteiger partial charge in [0.05, 0.1) is 13.9 Å². The summed E-state index contributed by atoms with van der Waals surface area (Å²) in [6.07, 6.45) is 2.05. The van der Waals surface area contributed by atoms with Crippen molar-refractivity contribution in [3.63, 3.8) is 0 Å². The Morgan fingerprint density at radius 3 is 2.29 bits per heavy atom. The van der Waals surface area contributed by atoms with Gasteiger partial charge in [0.15, 0.2) is 0 Å². The lowest BCUT2D eigenvalue weighted by molar-refractivity contribution is 0.398. The fourth-order valence-electron chi connectivity index (χ4n) is 0.686. The fourth-order valence-corrected chi connectivity index (χ4v) is 0.686. The summed E-state index contributed by atoms with van der Waals surface area (Å²) in [6.45, 7) is 0. The Morgan fingerprint density at radius 1 is 1.57 bits per heavy atom. The Labute approximate surface area is 44.7 Å². The molecule has 1 aliphatic carbocycles. The molecule has 0 heterocycles. The summed E-state index contributed by atoms with van der Waals surface area (Å²) in [5.41, 5.74) is 0. The van der Waals surface area contributed by atoms with Gasteiger partial charge < -0.3 is 0 Å². The van der Waals surface area contributed by atoms with Crippen LogP contribution in [0.2, 0.25) is 5.82 Å². The molecule has 0 bridgehead atoms. The van der Waals surface area contributed by atoms with Crippen molar-refractivity contribution in [1.29, 1.82) is 5.26 Å². The molecule has 0 amide bonds. The van der Waals surface area contributed by atoms with Gasteiger partial charge in [-0.1, -0.05) is 12.2 Å². The van der Waals surface area contributed by atoms with E-state index in [1.54, 1.807) is 0 Å². The van der Waals surface area contributed by atoms with Gasteiger partial charge in [0.1, 0.15) is 0 Å². The van der Waals surface area contributed by atoms with Crippen LogP contribution in [0.4, 0.5) is 0 Å². The van der Waals surface area contributed by atoms with Crippen LogP contribution >= 0.6 is 0 Å². The topological polar surface area (TPSA) is 23.8 Å². The second-order valence-electron chi connectivity index (χ2n) is 1.98. The minimum Gasteiger partial charge on any atom is -0.198 e. The predicted octanol–water partition coefficient (Wildman–Crippen LogP) is 0.877. The number of nitrogens with zero attached hydrogens (tertiary/aromatic N) is 1. The molecular weight excluding hydrogens is 84.9 g/mol. The van der Waals surface area contributed by atoms with Crippen LogP contribution in [0.25, 0.3) is 0 Å². The molecule has 0 N–H and O–H groups in total. The molecule has 2 radical (unpaired) electrons. The summed E-state index contributed by atoms with van der Waals surface area (Å²) in [5.74, 6) is 0.352. The number of hydrogen-bond donors (Lipinski definition) is 0. The maximum atomic E-state index is 8.23. The van der Waals surface area contributed by atoms with Crippen LogP contribution in [-0.2, 0) is 0 Å². The van der Waals surface area contributed by atoms with Gasteiger partial charge in [-0.25, -0.2) is 0 Å². The number of rotatable bonds is 0. The van der Waals surface area contributed by atoms with Crippen LogP contribution in [-0.4, -0.2) is 7.85 Å². The molecule has 0 aliphatic heterocycles. The standard InChI is InChI=1S/C5H6BN/c6-5-2-1-4(5)3-7/h4-5H,1-2H2/t4-,5-/m0/s1. The quantitative estimate of drug-likeness (QED) is 0.406. The number of hydrogen-bond acceptors (Lipinski definition) is 1. The van der Waals surface area contributed by atoms with Crippen LogP contribution in [0.15, 0.2) is 0 Å². The van der Waals surface area contributed by atoms with E-state index in [9.17, 15) is 0 Å². The summed E-state index contributed by atoms with van der Waals surface area (Å²) in [7, 11) is 5.41. The molecule has 1 nitrogen and oxygen atoms in total. The first-order valence-electron chi connectivity index (χ1n) is 2.50. The van der Waals surface area contributed by atoms with E-state index < -0.39 is 0 Å². The van der Waals surface area contributed by atoms with Crippen molar-refractivity contribution < 1.29 is 0 Å². The molecule has 0 aromatic heterocycles. The molecule has 1 rings (SSSR count). The van der Waals surface area contributed by atoms with Gasteiger partial charge in [-0.2, -0.15) is 5.26 Å². The fraction of sp³-hybridized carbons (Fsp3) is 0.800. The highest BCUT2D eigenvalue weighted by Gasteiger charge is 2.25. The van der Waals surface area contributed by atoms with Crippen LogP contribution in [0.3, 0.4) is 0 Å². The monoisotopic (exact) mass is 91.1 g/mol. The molecular formula is C5H6BN. The lowest BCUT2D eigenvalue weighted by Crippen LogP contribution is -2.18. The van der Waals surface area contributed by atoms with Crippen molar-refractivity contribution in [2.24, 2.45) is 5.92 Å². The molecule has 34 valence electrons. The molecule has 1 aliphatic rings. The molecule has 7 heavy (non-hydrogen) atoms. The first kappa shape index (κ1) is 4.71. The van der Waals surface area contributed by atoms with Gasteiger partial charge >= 0.3 is 0 Å². The molecule has 1 fully saturated rings. The average molecular weight is 90.9 g/mol. The molecule has 2 heteroatoms. The van der Waals surface area contributed by atoms with Crippen molar-refractivity contribution in [3.8, 4) is 6.07 Å². The summed E-state index contributed by atoms with van der Waals surface area (Å²) >= 11 is 0. The summed E-state index contributed by atoms with van der Waals surface area (Å²) in [5, 5.41) is 8.23. The minimum absolute atomic E-state index is 0.167. The zero-order valence-electron chi connectivity index (χ0n) is 4.09. The highest BCUT2D eigenvalue weighted by atomic mass is 14.3. The minimum atomic E-state index is 0.167. The molecule has 0 spiro atoms. The third-order valence-corrected chi connectivity index (χ3v) is 1.49. The molecule has 0 aromatic carbocycles. The molecule has 0 saturated heterocycles. The van der Waals surface area contributed by atoms with Crippen LogP contribution < -0.4 is 0 Å². The molecule has 0 aromatic rings. The highest BCUT2D eigenvalue weighted by Crippen LogP contribution is 2.35. The van der Waals surface area contributed by atoms with Crippen LogP contribution in [0.5, 0.6) is 0 Å². The first-order valence-corrected chi connectivity index (χ1v) is 2.50. The van der Waals surface area contributed by atoms with E-state index in [1.807, 2.05) is 0 Å². The summed E-state index contributed by atoms with van der Waals surface area (Å²) in [6, 6.07) is 2.13. The average Bonchev–Trinajstić information content (AvgIpc) is 1.65. The van der Waals surface area contributed by atoms with E-state index in [0.29, 0.717) is 0 Å². The van der Waals surface area contributed by atoms with E-state index in [2.05, 4.69) is 6.07 Å². The second kappa shape index (κ2) is 1.57. The predicted molar refractivity (Wildman–Crippen MR) is 27.8 cm³/mol. The zero-order valence-corrected chi connectivity index (χ0v) is 4.09. The normalized spacial score (nSPS) is 38.7. The van der Waals surface area contributed by atoms with Crippen molar-refractivity contribution in [2.45, 2.75) is 18.7 Å². The van der Waals surface area contributed by atoms with Gasteiger partial charge in [-0.05, 0) is 6.42 Å². The Balaban J connectivity index is 2.33. The smallest absolute Gasteiger partial charge is 0.0717 e. The van der Waals surface area contributed by atoms with Crippen LogP contribution in [0.1, 0.15) is 12.8 Å². The molecule has 2 atom stereocenters. The largest absolute Gasteiger partial charge is 0.198 e. The maximum absolute atomic E-state index is 8.23. The lowest BCUT2D eigenvalue weighted by atomic mass is 9.63. The Hall–Kier alpha value is -0.445. The lowest BCUT2D eigenvalue weighted by Gasteiger charge is -2.27. The second-order valence-corrected chi connectivity index (χ2v) is 1.98. The van der Waals surface area contributed by atoms with Crippen molar-refractivity contribution in [2.75, 3.05) is 0 Å². The van der Waals surface area contributed by atoms with E-state index >= 15 is 0 Å².